The summed E-state index contributed by atoms with van der Waals surface area (Å²) in [6.07, 6.45) is 10.0. The lowest BCUT2D eigenvalue weighted by atomic mass is 10.0. The maximum atomic E-state index is 13.8. The van der Waals surface area contributed by atoms with Gasteiger partial charge in [0.25, 0.3) is 5.79 Å². The fourth-order valence-electron chi connectivity index (χ4n) is 5.13. The first-order chi connectivity index (χ1) is 16.3. The lowest BCUT2D eigenvalue weighted by Gasteiger charge is -2.45. The van der Waals surface area contributed by atoms with E-state index in [9.17, 15) is 9.59 Å². The van der Waals surface area contributed by atoms with Gasteiger partial charge in [-0.2, -0.15) is 0 Å². The molecule has 1 rings (SSSR count). The predicted molar refractivity (Wildman–Crippen MR) is 146 cm³/mol. The van der Waals surface area contributed by atoms with Crippen LogP contribution in [0.25, 0.3) is 0 Å². The lowest BCUT2D eigenvalue weighted by Crippen LogP contribution is -2.59. The van der Waals surface area contributed by atoms with E-state index >= 15 is 0 Å². The molecule has 34 heavy (non-hydrogen) atoms. The van der Waals surface area contributed by atoms with Crippen LogP contribution in [-0.2, 0) is 23.2 Å². The van der Waals surface area contributed by atoms with E-state index in [1.54, 1.807) is 0 Å². The van der Waals surface area contributed by atoms with E-state index in [2.05, 4.69) is 41.5 Å². The second-order valence-electron chi connectivity index (χ2n) is 10.2. The Bertz CT molecular complexity index is 549. The molecule has 1 aliphatic rings. The zero-order valence-electron chi connectivity index (χ0n) is 23.3. The van der Waals surface area contributed by atoms with Crippen LogP contribution in [0.1, 0.15) is 112 Å². The van der Waals surface area contributed by atoms with Crippen LogP contribution in [0.4, 0.5) is 0 Å². The van der Waals surface area contributed by atoms with Gasteiger partial charge in [0.15, 0.2) is 16.6 Å². The van der Waals surface area contributed by atoms with Crippen LogP contribution in [0.5, 0.6) is 0 Å². The van der Waals surface area contributed by atoms with Crippen LogP contribution >= 0.6 is 0 Å². The summed E-state index contributed by atoms with van der Waals surface area (Å²) in [7, 11) is -4.43. The number of ether oxygens (including phenoxy) is 1. The van der Waals surface area contributed by atoms with Crippen molar-refractivity contribution in [3.05, 3.63) is 0 Å². The minimum atomic E-state index is -2.22. The van der Waals surface area contributed by atoms with Gasteiger partial charge in [-0.1, -0.05) is 80.1 Å². The van der Waals surface area contributed by atoms with Gasteiger partial charge in [-0.05, 0) is 49.1 Å². The van der Waals surface area contributed by atoms with E-state index < -0.39 is 22.4 Å². The van der Waals surface area contributed by atoms with Crippen molar-refractivity contribution < 1.29 is 23.2 Å². The summed E-state index contributed by atoms with van der Waals surface area (Å²) in [6, 6.07) is 5.53. The Labute approximate surface area is 212 Å². The highest BCUT2D eigenvalue weighted by molar-refractivity contribution is 6.75. The number of carbonyl (C=O) groups is 2. The Morgan fingerprint density at radius 2 is 1.06 bits per heavy atom. The maximum Gasteiger partial charge on any atom is 0.364 e. The number of Topliss-reactive ketones (excluding diaryl/α,β-unsaturated/α-hetero) is 1. The van der Waals surface area contributed by atoms with Crippen LogP contribution < -0.4 is 0 Å². The molecule has 1 saturated heterocycles. The summed E-state index contributed by atoms with van der Waals surface area (Å²) >= 11 is 0. The van der Waals surface area contributed by atoms with Crippen molar-refractivity contribution in [2.45, 2.75) is 154 Å². The number of ketones is 1. The molecule has 0 bridgehead atoms. The smallest absolute Gasteiger partial charge is 0.364 e. The molecule has 1 heterocycles. The summed E-state index contributed by atoms with van der Waals surface area (Å²) in [5.74, 6) is -1.60. The molecule has 0 unspecified atom stereocenters. The predicted octanol–water partition coefficient (Wildman–Crippen LogP) is 8.14. The highest BCUT2D eigenvalue weighted by Crippen LogP contribution is 2.38. The van der Waals surface area contributed by atoms with Gasteiger partial charge in [-0.3, -0.25) is 4.79 Å². The van der Waals surface area contributed by atoms with Crippen molar-refractivity contribution >= 4 is 28.4 Å². The highest BCUT2D eigenvalue weighted by Gasteiger charge is 2.52. The van der Waals surface area contributed by atoms with Crippen LogP contribution in [0.15, 0.2) is 0 Å². The topological polar surface area (TPSA) is 61.8 Å². The van der Waals surface area contributed by atoms with Crippen molar-refractivity contribution in [3.8, 4) is 0 Å². The number of cyclic esters (lactones) is 1. The van der Waals surface area contributed by atoms with Crippen molar-refractivity contribution in [3.63, 3.8) is 0 Å². The van der Waals surface area contributed by atoms with Crippen molar-refractivity contribution in [1.29, 1.82) is 0 Å². The monoisotopic (exact) mass is 514 g/mol. The molecular weight excluding hydrogens is 460 g/mol. The average molecular weight is 515 g/mol. The minimum absolute atomic E-state index is 0.213. The van der Waals surface area contributed by atoms with E-state index in [4.69, 9.17) is 13.6 Å². The van der Waals surface area contributed by atoms with Crippen molar-refractivity contribution in [2.24, 2.45) is 0 Å². The van der Waals surface area contributed by atoms with Crippen LogP contribution in [-0.4, -0.2) is 40.8 Å². The van der Waals surface area contributed by atoms with Crippen molar-refractivity contribution in [1.82, 2.24) is 0 Å². The first-order valence-corrected chi connectivity index (χ1v) is 19.5. The molecule has 1 aliphatic heterocycles. The average Bonchev–Trinajstić information content (AvgIpc) is 2.87. The lowest BCUT2D eigenvalue weighted by molar-refractivity contribution is -0.200. The third kappa shape index (κ3) is 9.51. The van der Waals surface area contributed by atoms with Gasteiger partial charge in [0.1, 0.15) is 5.78 Å². The third-order valence-corrected chi connectivity index (χ3v) is 17.5. The number of esters is 1. The molecule has 0 radical (unpaired) electrons. The minimum Gasteiger partial charge on any atom is -0.462 e. The second-order valence-corrected chi connectivity index (χ2v) is 19.6. The Morgan fingerprint density at radius 1 is 0.647 bits per heavy atom. The molecule has 0 aromatic rings. The fraction of sp³-hybridized carbons (Fsp3) is 0.926. The molecule has 0 amide bonds. The van der Waals surface area contributed by atoms with Crippen molar-refractivity contribution in [2.75, 3.05) is 6.61 Å². The van der Waals surface area contributed by atoms with Gasteiger partial charge >= 0.3 is 5.97 Å². The SMILES string of the molecule is CC[Si](CC)(CC)OC1(O[Si](CC)(CC)CC)CCC(=O)CCCCCCCCCCOC1=O. The molecule has 0 aromatic carbocycles. The van der Waals surface area contributed by atoms with E-state index in [0.717, 1.165) is 61.9 Å². The Balaban J connectivity index is 3.38. The van der Waals surface area contributed by atoms with Gasteiger partial charge in [-0.25, -0.2) is 4.79 Å². The van der Waals surface area contributed by atoms with E-state index in [1.165, 1.54) is 25.7 Å². The fourth-order valence-corrected chi connectivity index (χ4v) is 10.9. The number of carbonyl (C=O) groups excluding carboxylic acids is 2. The molecule has 5 nitrogen and oxygen atoms in total. The molecule has 0 spiro atoms. The molecule has 1 fully saturated rings. The Hall–Kier alpha value is -0.506. The molecule has 0 atom stereocenters. The second kappa shape index (κ2) is 16.3. The van der Waals surface area contributed by atoms with Crippen LogP contribution in [0, 0.1) is 0 Å². The van der Waals surface area contributed by atoms with E-state index in [1.807, 2.05) is 0 Å². The molecular formula is C27H54O5Si2. The highest BCUT2D eigenvalue weighted by atomic mass is 28.4. The summed E-state index contributed by atoms with van der Waals surface area (Å²) in [4.78, 5) is 26.7. The quantitative estimate of drug-likeness (QED) is 0.167. The van der Waals surface area contributed by atoms with E-state index in [0.29, 0.717) is 19.4 Å². The molecule has 200 valence electrons. The summed E-state index contributed by atoms with van der Waals surface area (Å²) in [6.45, 7) is 13.4. The Kier molecular flexibility index (Phi) is 15.1. The first-order valence-electron chi connectivity index (χ1n) is 14.4. The normalized spacial score (nSPS) is 20.2. The largest absolute Gasteiger partial charge is 0.462 e. The zero-order valence-corrected chi connectivity index (χ0v) is 25.3. The van der Waals surface area contributed by atoms with Gasteiger partial charge < -0.3 is 13.6 Å². The van der Waals surface area contributed by atoms with Gasteiger partial charge in [-0.15, -0.1) is 0 Å². The van der Waals surface area contributed by atoms with Crippen LogP contribution in [0.3, 0.4) is 0 Å². The molecule has 0 aliphatic carbocycles. The standard InChI is InChI=1S/C27H54O5Si2/c1-7-33(8-2,9-3)31-27(32-34(10-4,11-5)12-6)23-22-25(28)21-19-17-15-13-14-16-18-20-24-30-26(27)29/h7-24H2,1-6H3. The van der Waals surface area contributed by atoms with Gasteiger partial charge in [0, 0.05) is 19.3 Å². The number of rotatable bonds is 10. The molecule has 7 heteroatoms. The van der Waals surface area contributed by atoms with E-state index in [-0.39, 0.29) is 18.2 Å². The third-order valence-electron chi connectivity index (χ3n) is 8.26. The first kappa shape index (κ1) is 31.5. The number of hydrogen-bond donors (Lipinski definition) is 0. The molecule has 0 saturated carbocycles. The summed E-state index contributed by atoms with van der Waals surface area (Å²) in [5, 5.41) is 0. The zero-order chi connectivity index (χ0) is 25.5. The summed E-state index contributed by atoms with van der Waals surface area (Å²) in [5.41, 5.74) is 0. The maximum absolute atomic E-state index is 13.8. The molecule has 0 N–H and O–H groups in total. The summed E-state index contributed by atoms with van der Waals surface area (Å²) < 4.78 is 19.8. The number of hydrogen-bond acceptors (Lipinski definition) is 5. The Morgan fingerprint density at radius 3 is 1.50 bits per heavy atom. The van der Waals surface area contributed by atoms with Gasteiger partial charge in [0.2, 0.25) is 0 Å². The van der Waals surface area contributed by atoms with Gasteiger partial charge in [0.05, 0.1) is 6.61 Å². The molecule has 0 aromatic heterocycles. The van der Waals surface area contributed by atoms with Crippen LogP contribution in [0.2, 0.25) is 36.3 Å².